The van der Waals surface area contributed by atoms with Crippen LogP contribution in [0.15, 0.2) is 28.7 Å². The van der Waals surface area contributed by atoms with Crippen LogP contribution in [-0.4, -0.2) is 6.04 Å². The minimum absolute atomic E-state index is 0.297. The minimum Gasteiger partial charge on any atom is -0.327 e. The minimum atomic E-state index is 0.297. The average molecular weight is 228 g/mol. The quantitative estimate of drug-likeness (QED) is 0.845. The highest BCUT2D eigenvalue weighted by Gasteiger charge is 2.00. The lowest BCUT2D eigenvalue weighted by Crippen LogP contribution is -2.21. The Bertz CT molecular complexity index is 230. The fourth-order valence-electron chi connectivity index (χ4n) is 1.07. The molecule has 0 aliphatic rings. The Kier molecular flexibility index (Phi) is 3.76. The molecule has 1 aromatic rings. The van der Waals surface area contributed by atoms with Crippen LogP contribution in [0.1, 0.15) is 18.9 Å². The summed E-state index contributed by atoms with van der Waals surface area (Å²) in [7, 11) is 0. The first-order valence-corrected chi connectivity index (χ1v) is 5.01. The predicted molar refractivity (Wildman–Crippen MR) is 56.1 cm³/mol. The maximum atomic E-state index is 5.83. The van der Waals surface area contributed by atoms with E-state index in [2.05, 4.69) is 47.1 Å². The first kappa shape index (κ1) is 9.75. The Morgan fingerprint density at radius 2 is 1.92 bits per heavy atom. The van der Waals surface area contributed by atoms with E-state index in [1.165, 1.54) is 5.56 Å². The molecule has 0 aliphatic carbocycles. The van der Waals surface area contributed by atoms with Gasteiger partial charge in [0.2, 0.25) is 0 Å². The van der Waals surface area contributed by atoms with Crippen LogP contribution in [0.5, 0.6) is 0 Å². The Morgan fingerprint density at radius 3 is 2.42 bits per heavy atom. The molecule has 0 heterocycles. The largest absolute Gasteiger partial charge is 0.327 e. The highest BCUT2D eigenvalue weighted by Crippen LogP contribution is 2.11. The third kappa shape index (κ3) is 2.95. The topological polar surface area (TPSA) is 26.0 Å². The molecule has 2 heteroatoms. The van der Waals surface area contributed by atoms with E-state index in [0.717, 1.165) is 17.3 Å². The molecule has 2 N–H and O–H groups in total. The molecule has 12 heavy (non-hydrogen) atoms. The SMILES string of the molecule is CC[C@H](N)Cc1ccc(Br)cc1. The maximum absolute atomic E-state index is 5.83. The summed E-state index contributed by atoms with van der Waals surface area (Å²) < 4.78 is 1.12. The number of benzene rings is 1. The van der Waals surface area contributed by atoms with E-state index in [9.17, 15) is 0 Å². The fraction of sp³-hybridized carbons (Fsp3) is 0.400. The smallest absolute Gasteiger partial charge is 0.0175 e. The molecule has 0 amide bonds. The van der Waals surface area contributed by atoms with Gasteiger partial charge in [0.15, 0.2) is 0 Å². The zero-order valence-corrected chi connectivity index (χ0v) is 8.84. The van der Waals surface area contributed by atoms with Crippen molar-refractivity contribution < 1.29 is 0 Å². The normalized spacial score (nSPS) is 12.9. The van der Waals surface area contributed by atoms with Crippen molar-refractivity contribution in [3.63, 3.8) is 0 Å². The standard InChI is InChI=1S/C10H14BrN/c1-2-10(12)7-8-3-5-9(11)6-4-8/h3-6,10H,2,7,12H2,1H3/t10-/m0/s1. The van der Waals surface area contributed by atoms with E-state index in [1.54, 1.807) is 0 Å². The van der Waals surface area contributed by atoms with E-state index in [0.29, 0.717) is 6.04 Å². The molecule has 0 aliphatic heterocycles. The van der Waals surface area contributed by atoms with Gasteiger partial charge in [0.05, 0.1) is 0 Å². The second kappa shape index (κ2) is 4.63. The molecule has 66 valence electrons. The molecule has 0 fully saturated rings. The summed E-state index contributed by atoms with van der Waals surface area (Å²) in [6.07, 6.45) is 2.01. The highest BCUT2D eigenvalue weighted by molar-refractivity contribution is 9.10. The molecule has 1 atom stereocenters. The Morgan fingerprint density at radius 1 is 1.33 bits per heavy atom. The Balaban J connectivity index is 2.58. The molecule has 0 bridgehead atoms. The molecule has 0 saturated heterocycles. The van der Waals surface area contributed by atoms with Gasteiger partial charge in [0, 0.05) is 10.5 Å². The van der Waals surface area contributed by atoms with Crippen LogP contribution in [-0.2, 0) is 6.42 Å². The molecule has 0 radical (unpaired) electrons. The third-order valence-electron chi connectivity index (χ3n) is 1.94. The van der Waals surface area contributed by atoms with Crippen molar-refractivity contribution in [2.24, 2.45) is 5.73 Å². The molecular weight excluding hydrogens is 214 g/mol. The van der Waals surface area contributed by atoms with E-state index in [-0.39, 0.29) is 0 Å². The van der Waals surface area contributed by atoms with Crippen molar-refractivity contribution in [1.29, 1.82) is 0 Å². The first-order chi connectivity index (χ1) is 5.72. The summed E-state index contributed by atoms with van der Waals surface area (Å²) in [6.45, 7) is 2.11. The predicted octanol–water partition coefficient (Wildman–Crippen LogP) is 2.73. The number of hydrogen-bond donors (Lipinski definition) is 1. The summed E-state index contributed by atoms with van der Waals surface area (Å²) in [5.74, 6) is 0. The second-order valence-corrected chi connectivity index (χ2v) is 3.91. The van der Waals surface area contributed by atoms with Crippen LogP contribution >= 0.6 is 15.9 Å². The molecule has 0 saturated carbocycles. The van der Waals surface area contributed by atoms with Gasteiger partial charge in [0.1, 0.15) is 0 Å². The number of rotatable bonds is 3. The van der Waals surface area contributed by atoms with E-state index in [1.807, 2.05) is 0 Å². The van der Waals surface area contributed by atoms with Crippen LogP contribution < -0.4 is 5.73 Å². The van der Waals surface area contributed by atoms with Crippen molar-refractivity contribution in [2.75, 3.05) is 0 Å². The molecule has 0 unspecified atom stereocenters. The maximum Gasteiger partial charge on any atom is 0.0175 e. The van der Waals surface area contributed by atoms with E-state index < -0.39 is 0 Å². The fourth-order valence-corrected chi connectivity index (χ4v) is 1.33. The van der Waals surface area contributed by atoms with Gasteiger partial charge in [-0.1, -0.05) is 35.0 Å². The zero-order chi connectivity index (χ0) is 8.97. The van der Waals surface area contributed by atoms with Gasteiger partial charge >= 0.3 is 0 Å². The molecular formula is C10H14BrN. The van der Waals surface area contributed by atoms with Crippen molar-refractivity contribution >= 4 is 15.9 Å². The lowest BCUT2D eigenvalue weighted by Gasteiger charge is -2.07. The Hall–Kier alpha value is -0.340. The summed E-state index contributed by atoms with van der Waals surface area (Å²) in [5, 5.41) is 0. The van der Waals surface area contributed by atoms with Gasteiger partial charge < -0.3 is 5.73 Å². The van der Waals surface area contributed by atoms with Crippen molar-refractivity contribution in [3.8, 4) is 0 Å². The second-order valence-electron chi connectivity index (χ2n) is 3.00. The van der Waals surface area contributed by atoms with Crippen LogP contribution in [0.3, 0.4) is 0 Å². The van der Waals surface area contributed by atoms with Gasteiger partial charge in [0.25, 0.3) is 0 Å². The summed E-state index contributed by atoms with van der Waals surface area (Å²) in [4.78, 5) is 0. The number of nitrogens with two attached hydrogens (primary N) is 1. The van der Waals surface area contributed by atoms with Crippen LogP contribution in [0.25, 0.3) is 0 Å². The van der Waals surface area contributed by atoms with E-state index >= 15 is 0 Å². The Labute approximate surface area is 82.1 Å². The van der Waals surface area contributed by atoms with Crippen LogP contribution in [0.2, 0.25) is 0 Å². The highest BCUT2D eigenvalue weighted by atomic mass is 79.9. The van der Waals surface area contributed by atoms with Gasteiger partial charge in [-0.3, -0.25) is 0 Å². The summed E-state index contributed by atoms with van der Waals surface area (Å²) in [5.41, 5.74) is 7.14. The van der Waals surface area contributed by atoms with E-state index in [4.69, 9.17) is 5.73 Å². The molecule has 0 spiro atoms. The third-order valence-corrected chi connectivity index (χ3v) is 2.46. The molecule has 1 nitrogen and oxygen atoms in total. The van der Waals surface area contributed by atoms with Gasteiger partial charge in [-0.25, -0.2) is 0 Å². The summed E-state index contributed by atoms with van der Waals surface area (Å²) in [6, 6.07) is 8.63. The lowest BCUT2D eigenvalue weighted by molar-refractivity contribution is 0.646. The summed E-state index contributed by atoms with van der Waals surface area (Å²) >= 11 is 3.40. The average Bonchev–Trinajstić information content (AvgIpc) is 2.09. The van der Waals surface area contributed by atoms with Gasteiger partial charge in [-0.15, -0.1) is 0 Å². The molecule has 1 aromatic carbocycles. The van der Waals surface area contributed by atoms with Crippen LogP contribution in [0.4, 0.5) is 0 Å². The lowest BCUT2D eigenvalue weighted by atomic mass is 10.1. The van der Waals surface area contributed by atoms with Crippen molar-refractivity contribution in [2.45, 2.75) is 25.8 Å². The van der Waals surface area contributed by atoms with Gasteiger partial charge in [-0.2, -0.15) is 0 Å². The van der Waals surface area contributed by atoms with Crippen LogP contribution in [0, 0.1) is 0 Å². The van der Waals surface area contributed by atoms with Gasteiger partial charge in [-0.05, 0) is 30.5 Å². The zero-order valence-electron chi connectivity index (χ0n) is 7.26. The molecule has 1 rings (SSSR count). The van der Waals surface area contributed by atoms with Crippen molar-refractivity contribution in [3.05, 3.63) is 34.3 Å². The first-order valence-electron chi connectivity index (χ1n) is 4.22. The molecule has 0 aromatic heterocycles. The monoisotopic (exact) mass is 227 g/mol. The number of halogens is 1. The van der Waals surface area contributed by atoms with Crippen molar-refractivity contribution in [1.82, 2.24) is 0 Å². The number of hydrogen-bond acceptors (Lipinski definition) is 1.